The molecule has 0 amide bonds. The van der Waals surface area contributed by atoms with E-state index >= 15 is 0 Å². The van der Waals surface area contributed by atoms with E-state index in [9.17, 15) is 0 Å². The van der Waals surface area contributed by atoms with Gasteiger partial charge in [-0.25, -0.2) is 15.0 Å². The molecule has 5 aromatic carbocycles. The Hall–Kier alpha value is -5.55. The van der Waals surface area contributed by atoms with E-state index < -0.39 is 0 Å². The van der Waals surface area contributed by atoms with Gasteiger partial charge in [-0.05, 0) is 35.7 Å². The molecule has 0 N–H and O–H groups in total. The third-order valence-electron chi connectivity index (χ3n) is 8.52. The van der Waals surface area contributed by atoms with Gasteiger partial charge in [-0.2, -0.15) is 0 Å². The molecule has 0 fully saturated rings. The summed E-state index contributed by atoms with van der Waals surface area (Å²) in [5.41, 5.74) is 7.41. The summed E-state index contributed by atoms with van der Waals surface area (Å²) < 4.78 is 4.76. The van der Waals surface area contributed by atoms with Crippen molar-refractivity contribution in [2.24, 2.45) is 0 Å². The van der Waals surface area contributed by atoms with Crippen LogP contribution < -0.4 is 0 Å². The van der Waals surface area contributed by atoms with E-state index in [1.165, 1.54) is 59.6 Å². The fourth-order valence-corrected chi connectivity index (χ4v) is 6.94. The molecule has 0 saturated carbocycles. The van der Waals surface area contributed by atoms with Crippen LogP contribution >= 0.6 is 0 Å². The van der Waals surface area contributed by atoms with Crippen LogP contribution in [0.2, 0.25) is 0 Å². The van der Waals surface area contributed by atoms with Gasteiger partial charge in [-0.15, -0.1) is 0 Å². The Morgan fingerprint density at radius 2 is 1.27 bits per heavy atom. The smallest absolute Gasteiger partial charge is 0.180 e. The summed E-state index contributed by atoms with van der Waals surface area (Å²) in [4.78, 5) is 14.4. The van der Waals surface area contributed by atoms with Gasteiger partial charge in [0.1, 0.15) is 5.52 Å². The topological polar surface area (TPSA) is 48.0 Å². The van der Waals surface area contributed by atoms with E-state index in [0.29, 0.717) is 5.65 Å². The number of nitrogens with zero attached hydrogens (tertiary/aromatic N) is 5. The van der Waals surface area contributed by atoms with E-state index in [1.807, 2.05) is 18.3 Å². The fourth-order valence-electron chi connectivity index (χ4n) is 6.94. The van der Waals surface area contributed by atoms with Crippen molar-refractivity contribution in [2.75, 3.05) is 0 Å². The number of hydrogen-bond acceptors (Lipinski definition) is 3. The predicted octanol–water partition coefficient (Wildman–Crippen LogP) is 8.43. The Bertz CT molecular complexity index is 2660. The Kier molecular flexibility index (Phi) is 3.62. The van der Waals surface area contributed by atoms with Crippen molar-refractivity contribution < 1.29 is 0 Å². The maximum atomic E-state index is 5.08. The van der Waals surface area contributed by atoms with Gasteiger partial charge in [-0.3, -0.25) is 4.57 Å². The third kappa shape index (κ3) is 2.37. The van der Waals surface area contributed by atoms with Crippen molar-refractivity contribution in [2.45, 2.75) is 0 Å². The van der Waals surface area contributed by atoms with Crippen molar-refractivity contribution in [3.05, 3.63) is 116 Å². The number of aromatic nitrogens is 5. The number of pyridine rings is 1. The van der Waals surface area contributed by atoms with E-state index in [1.54, 1.807) is 6.20 Å². The first-order valence-corrected chi connectivity index (χ1v) is 13.5. The first-order chi connectivity index (χ1) is 19.9. The summed E-state index contributed by atoms with van der Waals surface area (Å²) in [5, 5.41) is 9.82. The summed E-state index contributed by atoms with van der Waals surface area (Å²) in [6.07, 6.45) is 3.66. The lowest BCUT2D eigenvalue weighted by atomic mass is 10.0. The maximum Gasteiger partial charge on any atom is 0.180 e. The van der Waals surface area contributed by atoms with Gasteiger partial charge < -0.3 is 4.40 Å². The molecule has 0 saturated heterocycles. The second-order valence-corrected chi connectivity index (χ2v) is 10.5. The van der Waals surface area contributed by atoms with Gasteiger partial charge in [0.15, 0.2) is 11.5 Å². The van der Waals surface area contributed by atoms with Crippen LogP contribution in [0.3, 0.4) is 0 Å². The van der Waals surface area contributed by atoms with E-state index in [-0.39, 0.29) is 0 Å². The molecule has 5 aromatic heterocycles. The number of rotatable bonds is 1. The van der Waals surface area contributed by atoms with Crippen LogP contribution in [0.5, 0.6) is 0 Å². The SMILES string of the molecule is c1ccc2c(c1)ccc1c3cc4c5ccccc5n5c6ccccc6c(c3n(-c3cnc6cccnc6n3)c21)c45. The molecule has 5 heteroatoms. The minimum atomic E-state index is 0.641. The molecule has 40 heavy (non-hydrogen) atoms. The largest absolute Gasteiger partial charge is 0.308 e. The van der Waals surface area contributed by atoms with E-state index in [4.69, 9.17) is 9.97 Å². The third-order valence-corrected chi connectivity index (χ3v) is 8.52. The molecule has 0 atom stereocenters. The van der Waals surface area contributed by atoms with Crippen molar-refractivity contribution >= 4 is 81.8 Å². The van der Waals surface area contributed by atoms with Gasteiger partial charge in [-0.1, -0.05) is 72.8 Å². The van der Waals surface area contributed by atoms with Gasteiger partial charge in [0.2, 0.25) is 0 Å². The number of fused-ring (bicyclic) bond motifs is 13. The lowest BCUT2D eigenvalue weighted by molar-refractivity contribution is 1.07. The van der Waals surface area contributed by atoms with Crippen LogP contribution in [0.1, 0.15) is 0 Å². The van der Waals surface area contributed by atoms with Crippen LogP contribution in [0.25, 0.3) is 87.7 Å². The molecule has 10 rings (SSSR count). The summed E-state index contributed by atoms with van der Waals surface area (Å²) in [6.45, 7) is 0. The summed E-state index contributed by atoms with van der Waals surface area (Å²) in [6, 6.07) is 36.8. The number of benzene rings is 5. The second-order valence-electron chi connectivity index (χ2n) is 10.5. The van der Waals surface area contributed by atoms with Gasteiger partial charge in [0.25, 0.3) is 0 Å². The molecule has 0 aliphatic rings. The van der Waals surface area contributed by atoms with Crippen molar-refractivity contribution in [1.29, 1.82) is 0 Å². The van der Waals surface area contributed by atoms with Crippen LogP contribution in [-0.2, 0) is 0 Å². The summed E-state index contributed by atoms with van der Waals surface area (Å²) >= 11 is 0. The molecule has 0 unspecified atom stereocenters. The molecule has 0 aliphatic heterocycles. The Balaban J connectivity index is 1.55. The number of hydrogen-bond donors (Lipinski definition) is 0. The zero-order valence-corrected chi connectivity index (χ0v) is 21.2. The lowest BCUT2D eigenvalue weighted by Crippen LogP contribution is -2.00. The molecule has 5 nitrogen and oxygen atoms in total. The van der Waals surface area contributed by atoms with Gasteiger partial charge in [0, 0.05) is 43.9 Å². The molecule has 0 bridgehead atoms. The zero-order chi connectivity index (χ0) is 25.9. The average molecular weight is 510 g/mol. The zero-order valence-electron chi connectivity index (χ0n) is 21.2. The molecule has 0 radical (unpaired) electrons. The van der Waals surface area contributed by atoms with Crippen LogP contribution in [0, 0.1) is 0 Å². The molecule has 0 spiro atoms. The van der Waals surface area contributed by atoms with Gasteiger partial charge in [0.05, 0.1) is 33.8 Å². The minimum absolute atomic E-state index is 0.641. The highest BCUT2D eigenvalue weighted by Crippen LogP contribution is 2.47. The predicted molar refractivity (Wildman–Crippen MR) is 164 cm³/mol. The van der Waals surface area contributed by atoms with Crippen LogP contribution in [-0.4, -0.2) is 23.9 Å². The quantitative estimate of drug-likeness (QED) is 0.223. The monoisotopic (exact) mass is 509 g/mol. The highest BCUT2D eigenvalue weighted by molar-refractivity contribution is 6.35. The second kappa shape index (κ2) is 7.10. The highest BCUT2D eigenvalue weighted by atomic mass is 15.1. The van der Waals surface area contributed by atoms with Crippen LogP contribution in [0.15, 0.2) is 116 Å². The fraction of sp³-hybridized carbons (Fsp3) is 0. The highest BCUT2D eigenvalue weighted by Gasteiger charge is 2.25. The summed E-state index contributed by atoms with van der Waals surface area (Å²) in [7, 11) is 0. The molecular weight excluding hydrogens is 490 g/mol. The Morgan fingerprint density at radius 1 is 0.525 bits per heavy atom. The van der Waals surface area contributed by atoms with E-state index in [0.717, 1.165) is 22.4 Å². The molecule has 5 heterocycles. The Morgan fingerprint density at radius 3 is 2.17 bits per heavy atom. The molecular formula is C35H19N5. The standard InChI is InChI=1S/C35H19N5/c1-2-9-21-20(8-1)15-16-23-26-18-25-22-10-3-5-13-28(22)39-29-14-6-4-11-24(29)31(33(25)39)34(26)40(32(21)23)30-19-37-27-12-7-17-36-35(27)38-30/h1-19H. The van der Waals surface area contributed by atoms with Crippen LogP contribution in [0.4, 0.5) is 0 Å². The average Bonchev–Trinajstić information content (AvgIpc) is 3.65. The number of para-hydroxylation sites is 2. The molecule has 184 valence electrons. The van der Waals surface area contributed by atoms with Gasteiger partial charge >= 0.3 is 0 Å². The maximum absolute atomic E-state index is 5.08. The normalized spacial score (nSPS) is 12.5. The van der Waals surface area contributed by atoms with Crippen molar-refractivity contribution in [3.63, 3.8) is 0 Å². The lowest BCUT2D eigenvalue weighted by Gasteiger charge is -2.10. The van der Waals surface area contributed by atoms with Crippen molar-refractivity contribution in [3.8, 4) is 5.82 Å². The molecule has 10 aromatic rings. The summed E-state index contributed by atoms with van der Waals surface area (Å²) in [5.74, 6) is 0.769. The minimum Gasteiger partial charge on any atom is -0.308 e. The van der Waals surface area contributed by atoms with Crippen molar-refractivity contribution in [1.82, 2.24) is 23.9 Å². The van der Waals surface area contributed by atoms with E-state index in [2.05, 4.69) is 105 Å². The Labute approximate surface area is 226 Å². The first kappa shape index (κ1) is 20.4. The first-order valence-electron chi connectivity index (χ1n) is 13.5. The molecule has 0 aliphatic carbocycles.